The van der Waals surface area contributed by atoms with Crippen LogP contribution < -0.4 is 9.64 Å². The maximum Gasteiger partial charge on any atom is 0.264 e. The van der Waals surface area contributed by atoms with Crippen molar-refractivity contribution in [2.45, 2.75) is 20.3 Å². The lowest BCUT2D eigenvalue weighted by molar-refractivity contribution is 0.0751. The number of thiophene rings is 1. The van der Waals surface area contributed by atoms with E-state index in [9.17, 15) is 4.79 Å². The fourth-order valence-electron chi connectivity index (χ4n) is 3.11. The van der Waals surface area contributed by atoms with Crippen LogP contribution in [0.2, 0.25) is 0 Å². The monoisotopic (exact) mass is 344 g/mol. The number of hydrogen-bond acceptors (Lipinski definition) is 4. The number of carbonyl (C=O) groups excluding carboxylic acids is 1. The summed E-state index contributed by atoms with van der Waals surface area (Å²) in [6.07, 6.45) is 0.993. The van der Waals surface area contributed by atoms with Crippen LogP contribution in [0.15, 0.2) is 30.3 Å². The van der Waals surface area contributed by atoms with E-state index in [-0.39, 0.29) is 5.91 Å². The maximum atomic E-state index is 12.7. The molecule has 128 valence electrons. The van der Waals surface area contributed by atoms with E-state index in [0.29, 0.717) is 0 Å². The van der Waals surface area contributed by atoms with Crippen LogP contribution in [0, 0.1) is 6.92 Å². The predicted molar refractivity (Wildman–Crippen MR) is 99.5 cm³/mol. The Morgan fingerprint density at radius 3 is 2.58 bits per heavy atom. The highest BCUT2D eigenvalue weighted by Gasteiger charge is 2.24. The molecule has 0 spiro atoms. The molecule has 2 heterocycles. The third-order valence-corrected chi connectivity index (χ3v) is 5.91. The molecular weight excluding hydrogens is 320 g/mol. The number of nitrogens with zero attached hydrogens (tertiary/aromatic N) is 2. The minimum absolute atomic E-state index is 0.174. The van der Waals surface area contributed by atoms with Gasteiger partial charge in [-0.25, -0.2) is 0 Å². The highest BCUT2D eigenvalue weighted by molar-refractivity contribution is 7.14. The van der Waals surface area contributed by atoms with Crippen LogP contribution in [0.1, 0.15) is 27.0 Å². The van der Waals surface area contributed by atoms with Gasteiger partial charge in [-0.05, 0) is 37.1 Å². The van der Waals surface area contributed by atoms with Crippen LogP contribution in [0.25, 0.3) is 0 Å². The molecule has 1 amide bonds. The lowest BCUT2D eigenvalue weighted by Crippen LogP contribution is -2.48. The van der Waals surface area contributed by atoms with Gasteiger partial charge in [0.15, 0.2) is 0 Å². The first-order chi connectivity index (χ1) is 11.6. The number of rotatable bonds is 4. The summed E-state index contributed by atoms with van der Waals surface area (Å²) in [6, 6.07) is 10.1. The molecule has 1 aliphatic rings. The molecule has 5 heteroatoms. The van der Waals surface area contributed by atoms with E-state index >= 15 is 0 Å². The van der Waals surface area contributed by atoms with E-state index in [1.54, 1.807) is 18.4 Å². The summed E-state index contributed by atoms with van der Waals surface area (Å²) in [5.41, 5.74) is 2.39. The summed E-state index contributed by atoms with van der Waals surface area (Å²) in [7, 11) is 1.68. The van der Waals surface area contributed by atoms with Gasteiger partial charge in [-0.1, -0.05) is 13.0 Å². The first kappa shape index (κ1) is 16.8. The molecule has 1 fully saturated rings. The van der Waals surface area contributed by atoms with Crippen LogP contribution >= 0.6 is 11.3 Å². The summed E-state index contributed by atoms with van der Waals surface area (Å²) >= 11 is 1.64. The van der Waals surface area contributed by atoms with Crippen LogP contribution in [0.5, 0.6) is 5.75 Å². The van der Waals surface area contributed by atoms with Gasteiger partial charge in [0.2, 0.25) is 0 Å². The highest BCUT2D eigenvalue weighted by Crippen LogP contribution is 2.25. The zero-order valence-electron chi connectivity index (χ0n) is 14.5. The van der Waals surface area contributed by atoms with Gasteiger partial charge in [-0.2, -0.15) is 0 Å². The van der Waals surface area contributed by atoms with E-state index < -0.39 is 0 Å². The van der Waals surface area contributed by atoms with Gasteiger partial charge >= 0.3 is 0 Å². The summed E-state index contributed by atoms with van der Waals surface area (Å²) in [6.45, 7) is 7.45. The Labute approximate surface area is 147 Å². The molecule has 0 unspecified atom stereocenters. The minimum atomic E-state index is 0.174. The van der Waals surface area contributed by atoms with Crippen LogP contribution in [0.4, 0.5) is 5.69 Å². The molecule has 1 aromatic heterocycles. The van der Waals surface area contributed by atoms with Crippen LogP contribution in [0.3, 0.4) is 0 Å². The lowest BCUT2D eigenvalue weighted by Gasteiger charge is -2.36. The van der Waals surface area contributed by atoms with Crippen molar-refractivity contribution in [2.24, 2.45) is 0 Å². The van der Waals surface area contributed by atoms with Crippen molar-refractivity contribution in [3.05, 3.63) is 45.6 Å². The number of amides is 1. The van der Waals surface area contributed by atoms with Crippen molar-refractivity contribution < 1.29 is 9.53 Å². The standard InChI is InChI=1S/C19H24N2O2S/c1-4-17-14(2)12-18(24-17)19(22)21-10-8-20(9-11-21)15-6-5-7-16(13-15)23-3/h5-7,12-13H,4,8-11H2,1-3H3. The topological polar surface area (TPSA) is 32.8 Å². The average molecular weight is 344 g/mol. The molecule has 2 aromatic rings. The second kappa shape index (κ2) is 7.26. The molecule has 0 radical (unpaired) electrons. The molecular formula is C19H24N2O2S. The van der Waals surface area contributed by atoms with Gasteiger partial charge < -0.3 is 14.5 Å². The average Bonchev–Trinajstić information content (AvgIpc) is 3.02. The van der Waals surface area contributed by atoms with Crippen LogP contribution in [-0.2, 0) is 6.42 Å². The van der Waals surface area contributed by atoms with Gasteiger partial charge in [0.25, 0.3) is 5.91 Å². The third kappa shape index (κ3) is 3.41. The fourth-order valence-corrected chi connectivity index (χ4v) is 4.19. The van der Waals surface area contributed by atoms with Crippen molar-refractivity contribution in [2.75, 3.05) is 38.2 Å². The number of carbonyl (C=O) groups is 1. The Bertz CT molecular complexity index is 718. The van der Waals surface area contributed by atoms with Crippen LogP contribution in [-0.4, -0.2) is 44.1 Å². The minimum Gasteiger partial charge on any atom is -0.497 e. The van der Waals surface area contributed by atoms with Gasteiger partial charge in [0.05, 0.1) is 12.0 Å². The van der Waals surface area contributed by atoms with E-state index in [1.165, 1.54) is 10.4 Å². The molecule has 0 saturated carbocycles. The molecule has 0 N–H and O–H groups in total. The Morgan fingerprint density at radius 2 is 1.96 bits per heavy atom. The summed E-state index contributed by atoms with van der Waals surface area (Å²) in [5, 5.41) is 0. The van der Waals surface area contributed by atoms with E-state index in [2.05, 4.69) is 24.8 Å². The van der Waals surface area contributed by atoms with Gasteiger partial charge in [0.1, 0.15) is 5.75 Å². The Hall–Kier alpha value is -2.01. The number of piperazine rings is 1. The second-order valence-corrected chi connectivity index (χ2v) is 7.19. The largest absolute Gasteiger partial charge is 0.497 e. The summed E-state index contributed by atoms with van der Waals surface area (Å²) in [4.78, 5) is 19.2. The molecule has 0 aliphatic carbocycles. The van der Waals surface area contributed by atoms with Crippen molar-refractivity contribution in [3.63, 3.8) is 0 Å². The number of ether oxygens (including phenoxy) is 1. The number of hydrogen-bond donors (Lipinski definition) is 0. The summed E-state index contributed by atoms with van der Waals surface area (Å²) < 4.78 is 5.30. The molecule has 0 bridgehead atoms. The lowest BCUT2D eigenvalue weighted by atomic mass is 10.2. The number of methoxy groups -OCH3 is 1. The quantitative estimate of drug-likeness (QED) is 0.850. The van der Waals surface area contributed by atoms with Crippen molar-refractivity contribution in [1.29, 1.82) is 0 Å². The Balaban J connectivity index is 1.64. The van der Waals surface area contributed by atoms with Gasteiger partial charge in [-0.15, -0.1) is 11.3 Å². The first-order valence-electron chi connectivity index (χ1n) is 8.40. The molecule has 4 nitrogen and oxygen atoms in total. The molecule has 3 rings (SSSR count). The smallest absolute Gasteiger partial charge is 0.264 e. The van der Waals surface area contributed by atoms with Crippen molar-refractivity contribution >= 4 is 22.9 Å². The molecule has 0 atom stereocenters. The van der Waals surface area contributed by atoms with Crippen molar-refractivity contribution in [1.82, 2.24) is 4.90 Å². The van der Waals surface area contributed by atoms with E-state index in [1.807, 2.05) is 29.2 Å². The number of benzene rings is 1. The molecule has 1 saturated heterocycles. The SMILES string of the molecule is CCc1sc(C(=O)N2CCN(c3cccc(OC)c3)CC2)cc1C. The van der Waals surface area contributed by atoms with E-state index in [0.717, 1.165) is 48.9 Å². The zero-order valence-corrected chi connectivity index (χ0v) is 15.4. The second-order valence-electron chi connectivity index (χ2n) is 6.05. The first-order valence-corrected chi connectivity index (χ1v) is 9.21. The van der Waals surface area contributed by atoms with Gasteiger partial charge in [0, 0.05) is 42.8 Å². The predicted octanol–water partition coefficient (Wildman–Crippen LogP) is 3.59. The summed E-state index contributed by atoms with van der Waals surface area (Å²) in [5.74, 6) is 1.04. The molecule has 1 aromatic carbocycles. The Kier molecular flexibility index (Phi) is 5.09. The molecule has 1 aliphatic heterocycles. The normalized spacial score (nSPS) is 14.8. The van der Waals surface area contributed by atoms with E-state index in [4.69, 9.17) is 4.74 Å². The molecule has 24 heavy (non-hydrogen) atoms. The Morgan fingerprint density at radius 1 is 1.21 bits per heavy atom. The third-order valence-electron chi connectivity index (χ3n) is 4.54. The van der Waals surface area contributed by atoms with Gasteiger partial charge in [-0.3, -0.25) is 4.79 Å². The number of anilines is 1. The number of aryl methyl sites for hydroxylation is 2. The van der Waals surface area contributed by atoms with Crippen molar-refractivity contribution in [3.8, 4) is 5.75 Å². The maximum absolute atomic E-state index is 12.7. The fraction of sp³-hybridized carbons (Fsp3) is 0.421. The highest BCUT2D eigenvalue weighted by atomic mass is 32.1. The zero-order chi connectivity index (χ0) is 17.1.